The summed E-state index contributed by atoms with van der Waals surface area (Å²) in [6.45, 7) is 1.94. The molecule has 8 heteroatoms. The Morgan fingerprint density at radius 1 is 1.42 bits per heavy atom. The number of hydrogen-bond acceptors (Lipinski definition) is 5. The molecule has 1 aromatic carbocycles. The van der Waals surface area contributed by atoms with Gasteiger partial charge in [0.1, 0.15) is 0 Å². The van der Waals surface area contributed by atoms with Gasteiger partial charge < -0.3 is 5.32 Å². The van der Waals surface area contributed by atoms with E-state index in [0.29, 0.717) is 27.1 Å². The van der Waals surface area contributed by atoms with Crippen molar-refractivity contribution < 1.29 is 4.79 Å². The highest BCUT2D eigenvalue weighted by Gasteiger charge is 2.08. The summed E-state index contributed by atoms with van der Waals surface area (Å²) in [6.07, 6.45) is 1.70. The van der Waals surface area contributed by atoms with Crippen molar-refractivity contribution in [3.63, 3.8) is 0 Å². The molecule has 3 rings (SSSR count). The molecule has 0 unspecified atom stereocenters. The highest BCUT2D eigenvalue weighted by molar-refractivity contribution is 7.99. The van der Waals surface area contributed by atoms with Crippen LogP contribution in [-0.2, 0) is 10.5 Å². The van der Waals surface area contributed by atoms with Crippen LogP contribution in [0.25, 0.3) is 4.96 Å². The van der Waals surface area contributed by atoms with E-state index in [0.717, 1.165) is 5.56 Å². The molecule has 0 atom stereocenters. The van der Waals surface area contributed by atoms with Crippen molar-refractivity contribution in [3.8, 4) is 0 Å². The minimum atomic E-state index is -0.139. The average Bonchev–Trinajstić information content (AvgIpc) is 2.99. The number of carbonyl (C=O) groups is 1. The van der Waals surface area contributed by atoms with Crippen LogP contribution < -0.4 is 10.9 Å². The normalized spacial score (nSPS) is 10.9. The fourth-order valence-electron chi connectivity index (χ4n) is 2.12. The fraction of sp³-hybridized carbons (Fsp3) is 0.188. The smallest absolute Gasteiger partial charge is 0.258 e. The number of aryl methyl sites for hydroxylation is 1. The van der Waals surface area contributed by atoms with E-state index >= 15 is 0 Å². The second-order valence-electron chi connectivity index (χ2n) is 5.17. The first-order valence-corrected chi connectivity index (χ1v) is 9.54. The van der Waals surface area contributed by atoms with Gasteiger partial charge in [-0.3, -0.25) is 14.0 Å². The molecule has 1 N–H and O–H groups in total. The Balaban J connectivity index is 1.57. The van der Waals surface area contributed by atoms with Gasteiger partial charge in [0.2, 0.25) is 5.91 Å². The molecular formula is C16H14ClN3O2S2. The Kier molecular flexibility index (Phi) is 5.23. The van der Waals surface area contributed by atoms with E-state index in [1.165, 1.54) is 33.6 Å². The highest BCUT2D eigenvalue weighted by atomic mass is 35.5. The van der Waals surface area contributed by atoms with Crippen LogP contribution in [0.1, 0.15) is 11.3 Å². The van der Waals surface area contributed by atoms with Crippen molar-refractivity contribution in [3.05, 3.63) is 62.5 Å². The van der Waals surface area contributed by atoms with Gasteiger partial charge in [-0.25, -0.2) is 4.98 Å². The van der Waals surface area contributed by atoms with E-state index in [2.05, 4.69) is 10.3 Å². The lowest BCUT2D eigenvalue weighted by atomic mass is 10.2. The summed E-state index contributed by atoms with van der Waals surface area (Å²) in [4.78, 5) is 29.0. The number of thioether (sulfide) groups is 1. The SMILES string of the molecule is Cc1ccc(NC(=O)CSCc2cc(=O)n3ccsc3n2)c(Cl)c1. The first-order chi connectivity index (χ1) is 11.5. The first-order valence-electron chi connectivity index (χ1n) is 7.12. The number of fused-ring (bicyclic) bond motifs is 1. The Hall–Kier alpha value is -1.83. The van der Waals surface area contributed by atoms with Gasteiger partial charge in [-0.1, -0.05) is 17.7 Å². The first kappa shape index (κ1) is 17.0. The lowest BCUT2D eigenvalue weighted by Gasteiger charge is -2.07. The zero-order valence-electron chi connectivity index (χ0n) is 12.8. The van der Waals surface area contributed by atoms with Gasteiger partial charge in [-0.2, -0.15) is 0 Å². The van der Waals surface area contributed by atoms with Crippen molar-refractivity contribution in [1.29, 1.82) is 0 Å². The van der Waals surface area contributed by atoms with Gasteiger partial charge in [0.05, 0.1) is 22.2 Å². The molecule has 0 saturated carbocycles. The monoisotopic (exact) mass is 379 g/mol. The Labute approximate surface area is 151 Å². The third-order valence-corrected chi connectivity index (χ3v) is 5.27. The molecule has 2 heterocycles. The number of carbonyl (C=O) groups excluding carboxylic acids is 1. The van der Waals surface area contributed by atoms with Crippen molar-refractivity contribution in [2.24, 2.45) is 0 Å². The van der Waals surface area contributed by atoms with Crippen molar-refractivity contribution >= 4 is 51.3 Å². The maximum Gasteiger partial charge on any atom is 0.258 e. The molecule has 1 amide bonds. The zero-order chi connectivity index (χ0) is 17.1. The van der Waals surface area contributed by atoms with Crippen LogP contribution in [0.5, 0.6) is 0 Å². The molecule has 124 valence electrons. The van der Waals surface area contributed by atoms with Crippen LogP contribution >= 0.6 is 34.7 Å². The summed E-state index contributed by atoms with van der Waals surface area (Å²) in [5.41, 5.74) is 2.21. The topological polar surface area (TPSA) is 63.5 Å². The summed E-state index contributed by atoms with van der Waals surface area (Å²) in [5, 5.41) is 5.12. The average molecular weight is 380 g/mol. The standard InChI is InChI=1S/C16H14ClN3O2S2/c1-10-2-3-13(12(17)6-10)19-14(21)9-23-8-11-7-15(22)20-4-5-24-16(20)18-11/h2-7H,8-9H2,1H3,(H,19,21). The molecule has 0 bridgehead atoms. The summed E-state index contributed by atoms with van der Waals surface area (Å²) < 4.78 is 1.50. The van der Waals surface area contributed by atoms with Gasteiger partial charge in [-0.15, -0.1) is 23.1 Å². The van der Waals surface area contributed by atoms with Gasteiger partial charge in [0.25, 0.3) is 5.56 Å². The molecule has 0 saturated heterocycles. The summed E-state index contributed by atoms with van der Waals surface area (Å²) in [7, 11) is 0. The summed E-state index contributed by atoms with van der Waals surface area (Å²) >= 11 is 8.91. The van der Waals surface area contributed by atoms with E-state index in [-0.39, 0.29) is 17.2 Å². The maximum atomic E-state index is 12.0. The van der Waals surface area contributed by atoms with E-state index in [1.54, 1.807) is 18.3 Å². The largest absolute Gasteiger partial charge is 0.324 e. The quantitative estimate of drug-likeness (QED) is 0.735. The van der Waals surface area contributed by atoms with Crippen molar-refractivity contribution in [2.45, 2.75) is 12.7 Å². The Morgan fingerprint density at radius 3 is 3.04 bits per heavy atom. The van der Waals surface area contributed by atoms with Gasteiger partial charge in [0, 0.05) is 23.4 Å². The number of anilines is 1. The minimum Gasteiger partial charge on any atom is -0.324 e. The van der Waals surface area contributed by atoms with Crippen LogP contribution in [0.4, 0.5) is 5.69 Å². The molecule has 0 fully saturated rings. The van der Waals surface area contributed by atoms with E-state index in [1.807, 2.05) is 18.4 Å². The van der Waals surface area contributed by atoms with E-state index in [4.69, 9.17) is 11.6 Å². The third-order valence-electron chi connectivity index (χ3n) is 3.24. The molecule has 0 aliphatic carbocycles. The van der Waals surface area contributed by atoms with Gasteiger partial charge in [0.15, 0.2) is 4.96 Å². The number of amides is 1. The number of aromatic nitrogens is 2. The molecule has 0 aliphatic heterocycles. The lowest BCUT2D eigenvalue weighted by molar-refractivity contribution is -0.113. The molecule has 0 aliphatic rings. The summed E-state index contributed by atoms with van der Waals surface area (Å²) in [5.74, 6) is 0.619. The zero-order valence-corrected chi connectivity index (χ0v) is 15.2. The Bertz CT molecular complexity index is 952. The number of thiazole rings is 1. The van der Waals surface area contributed by atoms with E-state index in [9.17, 15) is 9.59 Å². The molecular weight excluding hydrogens is 366 g/mol. The number of nitrogens with one attached hydrogen (secondary N) is 1. The van der Waals surface area contributed by atoms with Crippen LogP contribution in [0.15, 0.2) is 40.6 Å². The van der Waals surface area contributed by atoms with E-state index < -0.39 is 0 Å². The third kappa shape index (κ3) is 3.98. The van der Waals surface area contributed by atoms with Gasteiger partial charge in [-0.05, 0) is 24.6 Å². The molecule has 24 heavy (non-hydrogen) atoms. The predicted octanol–water partition coefficient (Wildman–Crippen LogP) is 3.59. The fourth-order valence-corrected chi connectivity index (χ4v) is 3.86. The number of halogens is 1. The van der Waals surface area contributed by atoms with Crippen LogP contribution in [-0.4, -0.2) is 21.0 Å². The lowest BCUT2D eigenvalue weighted by Crippen LogP contribution is -2.15. The summed E-state index contributed by atoms with van der Waals surface area (Å²) in [6, 6.07) is 6.98. The molecule has 5 nitrogen and oxygen atoms in total. The molecule has 0 spiro atoms. The van der Waals surface area contributed by atoms with Crippen molar-refractivity contribution in [1.82, 2.24) is 9.38 Å². The van der Waals surface area contributed by atoms with Crippen LogP contribution in [0, 0.1) is 6.92 Å². The second kappa shape index (κ2) is 7.38. The number of hydrogen-bond donors (Lipinski definition) is 1. The minimum absolute atomic E-state index is 0.104. The highest BCUT2D eigenvalue weighted by Crippen LogP contribution is 2.23. The predicted molar refractivity (Wildman–Crippen MR) is 100 cm³/mol. The maximum absolute atomic E-state index is 12.0. The molecule has 3 aromatic rings. The number of benzene rings is 1. The van der Waals surface area contributed by atoms with Gasteiger partial charge >= 0.3 is 0 Å². The van der Waals surface area contributed by atoms with Crippen LogP contribution in [0.2, 0.25) is 5.02 Å². The molecule has 2 aromatic heterocycles. The second-order valence-corrected chi connectivity index (χ2v) is 7.43. The van der Waals surface area contributed by atoms with Crippen LogP contribution in [0.3, 0.4) is 0 Å². The number of nitrogens with zero attached hydrogens (tertiary/aromatic N) is 2. The molecule has 0 radical (unpaired) electrons. The Morgan fingerprint density at radius 2 is 2.25 bits per heavy atom. The van der Waals surface area contributed by atoms with Crippen molar-refractivity contribution in [2.75, 3.05) is 11.1 Å². The number of rotatable bonds is 5.